The molecule has 0 aliphatic heterocycles. The number of rotatable bonds is 3. The number of aromatic amines is 1. The van der Waals surface area contributed by atoms with Crippen LogP contribution >= 0.6 is 0 Å². The number of benzene rings is 2. The summed E-state index contributed by atoms with van der Waals surface area (Å²) in [6.45, 7) is 0. The van der Waals surface area contributed by atoms with Crippen molar-refractivity contribution in [3.63, 3.8) is 0 Å². The lowest BCUT2D eigenvalue weighted by molar-refractivity contribution is -0.137. The van der Waals surface area contributed by atoms with Gasteiger partial charge in [0.15, 0.2) is 0 Å². The van der Waals surface area contributed by atoms with Crippen LogP contribution in [0.1, 0.15) is 15.9 Å². The van der Waals surface area contributed by atoms with E-state index in [0.29, 0.717) is 17.1 Å². The third-order valence-electron chi connectivity index (χ3n) is 3.20. The van der Waals surface area contributed by atoms with Crippen LogP contribution < -0.4 is 5.32 Å². The Kier molecular flexibility index (Phi) is 3.98. The molecule has 6 nitrogen and oxygen atoms in total. The van der Waals surface area contributed by atoms with Gasteiger partial charge in [0.25, 0.3) is 5.91 Å². The summed E-state index contributed by atoms with van der Waals surface area (Å²) < 4.78 is 37.6. The van der Waals surface area contributed by atoms with Gasteiger partial charge in [-0.2, -0.15) is 18.4 Å². The maximum Gasteiger partial charge on any atom is 0.416 e. The van der Waals surface area contributed by atoms with Crippen LogP contribution in [0.15, 0.2) is 48.5 Å². The van der Waals surface area contributed by atoms with Crippen LogP contribution in [0.4, 0.5) is 18.9 Å². The minimum absolute atomic E-state index is 0.118. The molecule has 3 aromatic rings. The summed E-state index contributed by atoms with van der Waals surface area (Å²) in [6.07, 6.45) is -4.44. The van der Waals surface area contributed by atoms with Gasteiger partial charge in [0.1, 0.15) is 0 Å². The lowest BCUT2D eigenvalue weighted by Crippen LogP contribution is -2.12. The second-order valence-corrected chi connectivity index (χ2v) is 4.85. The van der Waals surface area contributed by atoms with E-state index in [1.54, 1.807) is 24.3 Å². The van der Waals surface area contributed by atoms with Gasteiger partial charge in [-0.15, -0.1) is 10.2 Å². The van der Waals surface area contributed by atoms with Crippen LogP contribution in [-0.4, -0.2) is 26.5 Å². The number of hydrogen-bond acceptors (Lipinski definition) is 4. The Bertz CT molecular complexity index is 844. The number of H-pyrrole nitrogens is 1. The second kappa shape index (κ2) is 6.11. The first-order valence-electron chi connectivity index (χ1n) is 6.76. The lowest BCUT2D eigenvalue weighted by Gasteiger charge is -2.09. The molecule has 0 unspecified atom stereocenters. The first-order valence-corrected chi connectivity index (χ1v) is 6.76. The molecule has 0 aliphatic rings. The molecule has 0 spiro atoms. The predicted molar refractivity (Wildman–Crippen MR) is 79.0 cm³/mol. The van der Waals surface area contributed by atoms with E-state index >= 15 is 0 Å². The lowest BCUT2D eigenvalue weighted by atomic mass is 10.1. The van der Waals surface area contributed by atoms with Crippen molar-refractivity contribution >= 4 is 11.6 Å². The number of tetrazole rings is 1. The molecule has 0 saturated heterocycles. The molecular formula is C15H10F3N5O. The molecule has 3 rings (SSSR count). The topological polar surface area (TPSA) is 83.6 Å². The molecule has 0 fully saturated rings. The van der Waals surface area contributed by atoms with Crippen molar-refractivity contribution in [3.05, 3.63) is 59.7 Å². The molecule has 0 aliphatic carbocycles. The Hall–Kier alpha value is -3.23. The van der Waals surface area contributed by atoms with E-state index in [-0.39, 0.29) is 5.56 Å². The van der Waals surface area contributed by atoms with E-state index in [1.807, 2.05) is 0 Å². The Labute approximate surface area is 133 Å². The number of alkyl halides is 3. The average Bonchev–Trinajstić information content (AvgIpc) is 3.09. The highest BCUT2D eigenvalue weighted by Gasteiger charge is 2.30. The number of hydrogen-bond donors (Lipinski definition) is 2. The van der Waals surface area contributed by atoms with Crippen molar-refractivity contribution in [3.8, 4) is 11.4 Å². The molecule has 9 heteroatoms. The highest BCUT2D eigenvalue weighted by atomic mass is 19.4. The minimum Gasteiger partial charge on any atom is -0.322 e. The standard InChI is InChI=1S/C15H10F3N5O/c16-15(17,18)11-6-4-9(5-7-11)14(24)19-12-3-1-2-10(8-12)13-20-22-23-21-13/h1-8H,(H,19,24)(H,20,21,22,23). The van der Waals surface area contributed by atoms with E-state index in [9.17, 15) is 18.0 Å². The quantitative estimate of drug-likeness (QED) is 0.771. The molecular weight excluding hydrogens is 323 g/mol. The zero-order chi connectivity index (χ0) is 17.2. The van der Waals surface area contributed by atoms with Gasteiger partial charge >= 0.3 is 6.18 Å². The van der Waals surface area contributed by atoms with Crippen LogP contribution in [0, 0.1) is 0 Å². The fraction of sp³-hybridized carbons (Fsp3) is 0.0667. The molecule has 2 aromatic carbocycles. The van der Waals surface area contributed by atoms with E-state index in [2.05, 4.69) is 25.9 Å². The SMILES string of the molecule is O=C(Nc1cccc(-c2nn[nH]n2)c1)c1ccc(C(F)(F)F)cc1. The second-order valence-electron chi connectivity index (χ2n) is 4.85. The summed E-state index contributed by atoms with van der Waals surface area (Å²) in [6, 6.07) is 10.7. The maximum absolute atomic E-state index is 12.5. The van der Waals surface area contributed by atoms with E-state index in [0.717, 1.165) is 24.3 Å². The van der Waals surface area contributed by atoms with Gasteiger partial charge in [0, 0.05) is 16.8 Å². The van der Waals surface area contributed by atoms with Crippen LogP contribution in [0.3, 0.4) is 0 Å². The summed E-state index contributed by atoms with van der Waals surface area (Å²) in [5.41, 5.74) is 0.405. The minimum atomic E-state index is -4.44. The Morgan fingerprint density at radius 1 is 1.08 bits per heavy atom. The zero-order valence-electron chi connectivity index (χ0n) is 12.0. The number of carbonyl (C=O) groups is 1. The van der Waals surface area contributed by atoms with Crippen molar-refractivity contribution in [1.29, 1.82) is 0 Å². The predicted octanol–water partition coefficient (Wildman–Crippen LogP) is 3.14. The maximum atomic E-state index is 12.5. The van der Waals surface area contributed by atoms with Crippen LogP contribution in [0.5, 0.6) is 0 Å². The summed E-state index contributed by atoms with van der Waals surface area (Å²) in [5, 5.41) is 16.0. The fourth-order valence-electron chi connectivity index (χ4n) is 2.03. The summed E-state index contributed by atoms with van der Waals surface area (Å²) >= 11 is 0. The van der Waals surface area contributed by atoms with Gasteiger partial charge < -0.3 is 5.32 Å². The number of aromatic nitrogens is 4. The summed E-state index contributed by atoms with van der Waals surface area (Å²) in [5.74, 6) is -0.158. The van der Waals surface area contributed by atoms with Crippen LogP contribution in [0.2, 0.25) is 0 Å². The summed E-state index contributed by atoms with van der Waals surface area (Å²) in [7, 11) is 0. The van der Waals surface area contributed by atoms with Crippen molar-refractivity contribution in [1.82, 2.24) is 20.6 Å². The summed E-state index contributed by atoms with van der Waals surface area (Å²) in [4.78, 5) is 12.1. The van der Waals surface area contributed by atoms with Crippen LogP contribution in [-0.2, 0) is 6.18 Å². The zero-order valence-corrected chi connectivity index (χ0v) is 12.0. The first kappa shape index (κ1) is 15.7. The third-order valence-corrected chi connectivity index (χ3v) is 3.20. The highest BCUT2D eigenvalue weighted by molar-refractivity contribution is 6.04. The number of nitrogens with one attached hydrogen (secondary N) is 2. The van der Waals surface area contributed by atoms with Crippen molar-refractivity contribution < 1.29 is 18.0 Å². The number of nitrogens with zero attached hydrogens (tertiary/aromatic N) is 3. The molecule has 0 atom stereocenters. The normalized spacial score (nSPS) is 11.3. The Balaban J connectivity index is 1.76. The van der Waals surface area contributed by atoms with Gasteiger partial charge in [-0.1, -0.05) is 12.1 Å². The monoisotopic (exact) mass is 333 g/mol. The van der Waals surface area contributed by atoms with Gasteiger partial charge in [0.2, 0.25) is 5.82 Å². The molecule has 1 amide bonds. The third kappa shape index (κ3) is 3.40. The van der Waals surface area contributed by atoms with Crippen molar-refractivity contribution in [2.24, 2.45) is 0 Å². The first-order chi connectivity index (χ1) is 11.4. The fourth-order valence-corrected chi connectivity index (χ4v) is 2.03. The molecule has 0 saturated carbocycles. The number of halogens is 3. The molecule has 0 bridgehead atoms. The Morgan fingerprint density at radius 3 is 2.46 bits per heavy atom. The molecule has 122 valence electrons. The van der Waals surface area contributed by atoms with Gasteiger partial charge in [-0.3, -0.25) is 4.79 Å². The van der Waals surface area contributed by atoms with E-state index < -0.39 is 17.6 Å². The van der Waals surface area contributed by atoms with Crippen LogP contribution in [0.25, 0.3) is 11.4 Å². The molecule has 2 N–H and O–H groups in total. The van der Waals surface area contributed by atoms with E-state index in [1.165, 1.54) is 0 Å². The smallest absolute Gasteiger partial charge is 0.322 e. The average molecular weight is 333 g/mol. The number of carbonyl (C=O) groups excluding carboxylic acids is 1. The van der Waals surface area contributed by atoms with Crippen molar-refractivity contribution in [2.75, 3.05) is 5.32 Å². The molecule has 1 aromatic heterocycles. The number of anilines is 1. The number of amides is 1. The highest BCUT2D eigenvalue weighted by Crippen LogP contribution is 2.29. The van der Waals surface area contributed by atoms with E-state index in [4.69, 9.17) is 0 Å². The van der Waals surface area contributed by atoms with Gasteiger partial charge in [-0.05, 0) is 41.6 Å². The molecule has 0 radical (unpaired) electrons. The van der Waals surface area contributed by atoms with Gasteiger partial charge in [-0.25, -0.2) is 0 Å². The molecule has 1 heterocycles. The Morgan fingerprint density at radius 2 is 1.83 bits per heavy atom. The van der Waals surface area contributed by atoms with Gasteiger partial charge in [0.05, 0.1) is 5.56 Å². The molecule has 24 heavy (non-hydrogen) atoms. The van der Waals surface area contributed by atoms with Crippen molar-refractivity contribution in [2.45, 2.75) is 6.18 Å². The largest absolute Gasteiger partial charge is 0.416 e.